The highest BCUT2D eigenvalue weighted by atomic mass is 35.5. The number of amides is 2. The molecule has 22 heteroatoms. The number of carbonyl (C=O) groups is 2. The highest BCUT2D eigenvalue weighted by molar-refractivity contribution is 7.90. The fraction of sp³-hybridized carbons (Fsp3) is 0.412. The van der Waals surface area contributed by atoms with Gasteiger partial charge in [-0.25, -0.2) is 39.3 Å². The van der Waals surface area contributed by atoms with E-state index in [9.17, 15) is 26.4 Å². The summed E-state index contributed by atoms with van der Waals surface area (Å²) in [5, 5.41) is -0.808. The zero-order valence-electron chi connectivity index (χ0n) is 31.4. The van der Waals surface area contributed by atoms with E-state index in [2.05, 4.69) is 62.5 Å². The number of hydrogen-bond donors (Lipinski definition) is 4. The van der Waals surface area contributed by atoms with Crippen LogP contribution in [-0.2, 0) is 20.0 Å². The number of rotatable bonds is 8. The average molecular weight is 850 g/mol. The van der Waals surface area contributed by atoms with Crippen molar-refractivity contribution >= 4 is 78.3 Å². The van der Waals surface area contributed by atoms with Crippen LogP contribution in [0.4, 0.5) is 23.3 Å². The number of sulfonamides is 2. The standard InChI is InChI=1S/2C17H21ClN6O3S/c1-10-7-17(2,3)24(9-10)15-14(20-8-11(18)21-15)16(25)23-28(26,27)13-6-4-5-12(19)22-13;1-10-7-17(2,3)24(9-10)12-8-20-14(15(18)22-12)16(25)23-28(26,27)13-6-4-5-11(19)21-13/h4-6,8,10H,7,9H2,1-3H3,(H2,19,22)(H,23,25);4-6,8,10H,7,9H2,1-3H3,(H2,19,21)(H,23,25)/t2*10-/m00/s1. The van der Waals surface area contributed by atoms with Crippen molar-refractivity contribution < 1.29 is 26.4 Å². The minimum absolute atomic E-state index is 0.0138. The molecule has 0 radical (unpaired) electrons. The van der Waals surface area contributed by atoms with Gasteiger partial charge in [0.05, 0.1) is 12.4 Å². The molecule has 300 valence electrons. The Labute approximate surface area is 335 Å². The molecule has 18 nitrogen and oxygen atoms in total. The Morgan fingerprint density at radius 3 is 1.62 bits per heavy atom. The van der Waals surface area contributed by atoms with Gasteiger partial charge in [-0.15, -0.1) is 0 Å². The van der Waals surface area contributed by atoms with Crippen molar-refractivity contribution in [3.63, 3.8) is 0 Å². The third kappa shape index (κ3) is 9.54. The first-order chi connectivity index (χ1) is 26.0. The number of anilines is 4. The van der Waals surface area contributed by atoms with E-state index in [4.69, 9.17) is 34.7 Å². The number of nitrogens with two attached hydrogens (primary N) is 2. The Kier molecular flexibility index (Phi) is 12.0. The first-order valence-corrected chi connectivity index (χ1v) is 20.9. The lowest BCUT2D eigenvalue weighted by Gasteiger charge is -2.33. The molecule has 6 rings (SSSR count). The summed E-state index contributed by atoms with van der Waals surface area (Å²) in [4.78, 5) is 53.3. The SMILES string of the molecule is C[C@@H]1CN(c2cnc(C(=O)NS(=O)(=O)c3cccc(N)n3)c(Cl)n2)C(C)(C)C1.C[C@@H]1CN(c2nc(Cl)cnc2C(=O)NS(=O)(=O)c2cccc(N)n2)C(C)(C)C1. The van der Waals surface area contributed by atoms with E-state index in [-0.39, 0.29) is 60.3 Å². The Bertz CT molecular complexity index is 2380. The van der Waals surface area contributed by atoms with Crippen LogP contribution in [0.5, 0.6) is 0 Å². The van der Waals surface area contributed by atoms with Gasteiger partial charge in [0.1, 0.15) is 22.6 Å². The number of nitrogen functional groups attached to an aromatic ring is 2. The van der Waals surface area contributed by atoms with Crippen LogP contribution >= 0.6 is 23.2 Å². The van der Waals surface area contributed by atoms with Crippen molar-refractivity contribution in [3.05, 3.63) is 70.5 Å². The second kappa shape index (κ2) is 15.9. The van der Waals surface area contributed by atoms with E-state index in [1.54, 1.807) is 0 Å². The summed E-state index contributed by atoms with van der Waals surface area (Å²) < 4.78 is 53.5. The van der Waals surface area contributed by atoms with E-state index in [0.29, 0.717) is 24.2 Å². The van der Waals surface area contributed by atoms with Crippen LogP contribution in [0.1, 0.15) is 75.4 Å². The fourth-order valence-electron chi connectivity index (χ4n) is 6.90. The summed E-state index contributed by atoms with van der Waals surface area (Å²) in [7, 11) is -8.46. The molecule has 2 atom stereocenters. The van der Waals surface area contributed by atoms with E-state index in [0.717, 1.165) is 19.4 Å². The van der Waals surface area contributed by atoms with Crippen molar-refractivity contribution in [2.24, 2.45) is 11.8 Å². The van der Waals surface area contributed by atoms with E-state index in [1.807, 2.05) is 28.2 Å². The number of halogens is 2. The predicted octanol–water partition coefficient (Wildman–Crippen LogP) is 3.70. The van der Waals surface area contributed by atoms with Crippen LogP contribution in [0.25, 0.3) is 0 Å². The monoisotopic (exact) mass is 848 g/mol. The first kappa shape index (κ1) is 42.2. The highest BCUT2D eigenvalue weighted by Gasteiger charge is 2.40. The molecule has 56 heavy (non-hydrogen) atoms. The number of nitrogens with zero attached hydrogens (tertiary/aromatic N) is 8. The van der Waals surface area contributed by atoms with Crippen LogP contribution in [0, 0.1) is 11.8 Å². The normalized spacial score (nSPS) is 18.9. The first-order valence-electron chi connectivity index (χ1n) is 17.2. The van der Waals surface area contributed by atoms with Crippen LogP contribution in [-0.4, -0.2) is 82.7 Å². The minimum atomic E-state index is -4.23. The molecule has 0 bridgehead atoms. The molecule has 2 saturated heterocycles. The second-order valence-electron chi connectivity index (χ2n) is 14.9. The lowest BCUT2D eigenvalue weighted by atomic mass is 9.97. The summed E-state index contributed by atoms with van der Waals surface area (Å²) in [6, 6.07) is 8.19. The van der Waals surface area contributed by atoms with Gasteiger partial charge in [-0.2, -0.15) is 16.8 Å². The summed E-state index contributed by atoms with van der Waals surface area (Å²) in [5.74, 6) is -0.246. The minimum Gasteiger partial charge on any atom is -0.384 e. The molecule has 0 saturated carbocycles. The maximum atomic E-state index is 12.8. The molecule has 6 heterocycles. The van der Waals surface area contributed by atoms with Gasteiger partial charge in [-0.1, -0.05) is 49.2 Å². The van der Waals surface area contributed by atoms with Crippen molar-refractivity contribution in [1.29, 1.82) is 0 Å². The van der Waals surface area contributed by atoms with Gasteiger partial charge in [-0.3, -0.25) is 9.59 Å². The summed E-state index contributed by atoms with van der Waals surface area (Å²) in [5.41, 5.74) is 10.2. The summed E-state index contributed by atoms with van der Waals surface area (Å²) in [6.45, 7) is 13.9. The van der Waals surface area contributed by atoms with Crippen LogP contribution < -0.4 is 30.7 Å². The van der Waals surface area contributed by atoms with Crippen LogP contribution in [0.3, 0.4) is 0 Å². The fourth-order valence-corrected chi connectivity index (χ4v) is 9.11. The lowest BCUT2D eigenvalue weighted by molar-refractivity contribution is 0.0967. The van der Waals surface area contributed by atoms with Gasteiger partial charge in [-0.05, 0) is 76.6 Å². The molecular formula is C34H42Cl2N12O6S2. The largest absolute Gasteiger partial charge is 0.384 e. The van der Waals surface area contributed by atoms with Crippen LogP contribution in [0.15, 0.2) is 58.8 Å². The second-order valence-corrected chi connectivity index (χ2v) is 18.9. The van der Waals surface area contributed by atoms with E-state index >= 15 is 0 Å². The highest BCUT2D eigenvalue weighted by Crippen LogP contribution is 2.38. The third-order valence-corrected chi connectivity index (χ3v) is 12.0. The number of hydrogen-bond acceptors (Lipinski definition) is 16. The molecule has 0 spiro atoms. The smallest absolute Gasteiger partial charge is 0.287 e. The molecule has 6 N–H and O–H groups in total. The van der Waals surface area contributed by atoms with Gasteiger partial charge in [0, 0.05) is 24.2 Å². The van der Waals surface area contributed by atoms with Crippen LogP contribution in [0.2, 0.25) is 10.3 Å². The molecular weight excluding hydrogens is 807 g/mol. The molecule has 4 aromatic heterocycles. The van der Waals surface area contributed by atoms with Gasteiger partial charge in [0.15, 0.2) is 32.4 Å². The topological polar surface area (TPSA) is 262 Å². The molecule has 2 fully saturated rings. The van der Waals surface area contributed by atoms with Crippen molar-refractivity contribution in [2.75, 3.05) is 34.4 Å². The van der Waals surface area contributed by atoms with Crippen molar-refractivity contribution in [1.82, 2.24) is 39.3 Å². The Balaban J connectivity index is 0.000000214. The predicted molar refractivity (Wildman–Crippen MR) is 211 cm³/mol. The molecule has 0 aliphatic carbocycles. The molecule has 4 aromatic rings. The van der Waals surface area contributed by atoms with Crippen molar-refractivity contribution in [2.45, 2.75) is 75.5 Å². The quantitative estimate of drug-likeness (QED) is 0.197. The molecule has 0 aromatic carbocycles. The number of nitrogens with one attached hydrogen (secondary N) is 2. The number of pyridine rings is 2. The van der Waals surface area contributed by atoms with Gasteiger partial charge >= 0.3 is 0 Å². The third-order valence-electron chi connectivity index (χ3n) is 9.05. The number of carbonyl (C=O) groups excluding carboxylic acids is 2. The van der Waals surface area contributed by atoms with Crippen molar-refractivity contribution in [3.8, 4) is 0 Å². The lowest BCUT2D eigenvalue weighted by Crippen LogP contribution is -2.41. The molecule has 2 amide bonds. The van der Waals surface area contributed by atoms with E-state index in [1.165, 1.54) is 48.8 Å². The zero-order chi connectivity index (χ0) is 41.4. The number of aromatic nitrogens is 6. The zero-order valence-corrected chi connectivity index (χ0v) is 34.5. The molecule has 0 unspecified atom stereocenters. The molecule has 2 aliphatic rings. The van der Waals surface area contributed by atoms with Gasteiger partial charge < -0.3 is 21.3 Å². The Morgan fingerprint density at radius 1 is 0.714 bits per heavy atom. The Morgan fingerprint density at radius 2 is 1.18 bits per heavy atom. The maximum Gasteiger partial charge on any atom is 0.287 e. The van der Waals surface area contributed by atoms with Gasteiger partial charge in [0.25, 0.3) is 31.9 Å². The summed E-state index contributed by atoms with van der Waals surface area (Å²) in [6.07, 6.45) is 4.50. The average Bonchev–Trinajstić information content (AvgIpc) is 3.54. The summed E-state index contributed by atoms with van der Waals surface area (Å²) >= 11 is 12.1. The van der Waals surface area contributed by atoms with Gasteiger partial charge in [0.2, 0.25) is 0 Å². The maximum absolute atomic E-state index is 12.8. The Hall–Kier alpha value is -4.92. The molecule has 2 aliphatic heterocycles. The van der Waals surface area contributed by atoms with E-state index < -0.39 is 31.9 Å².